The van der Waals surface area contributed by atoms with E-state index in [0.717, 1.165) is 26.4 Å². The van der Waals surface area contributed by atoms with Gasteiger partial charge in [0.05, 0.1) is 23.9 Å². The maximum atomic E-state index is 13.4. The van der Waals surface area contributed by atoms with Gasteiger partial charge in [0.25, 0.3) is 5.91 Å². The highest BCUT2D eigenvalue weighted by Crippen LogP contribution is 2.35. The molecule has 0 atom stereocenters. The average Bonchev–Trinajstić information content (AvgIpc) is 3.22. The van der Waals surface area contributed by atoms with Crippen molar-refractivity contribution in [2.24, 2.45) is 0 Å². The predicted molar refractivity (Wildman–Crippen MR) is 121 cm³/mol. The molecule has 146 valence electrons. The van der Waals surface area contributed by atoms with Crippen LogP contribution in [-0.4, -0.2) is 24.3 Å². The molecule has 0 unspecified atom stereocenters. The molecule has 3 aromatic carbocycles. The summed E-state index contributed by atoms with van der Waals surface area (Å²) in [7, 11) is 1.61. The number of aromatic nitrogens is 1. The minimum absolute atomic E-state index is 0.0822. The maximum absolute atomic E-state index is 13.4. The molecule has 29 heavy (non-hydrogen) atoms. The van der Waals surface area contributed by atoms with Gasteiger partial charge in [0.2, 0.25) is 0 Å². The number of carbonyl (C=O) groups is 1. The molecule has 0 bridgehead atoms. The Hall–Kier alpha value is -2.83. The Morgan fingerprint density at radius 2 is 1.79 bits per heavy atom. The third kappa shape index (κ3) is 4.13. The zero-order valence-corrected chi connectivity index (χ0v) is 17.8. The highest BCUT2D eigenvalue weighted by molar-refractivity contribution is 7.98. The van der Waals surface area contributed by atoms with Crippen molar-refractivity contribution in [2.75, 3.05) is 18.3 Å². The smallest absolute Gasteiger partial charge is 0.260 e. The van der Waals surface area contributed by atoms with Gasteiger partial charge >= 0.3 is 0 Å². The van der Waals surface area contributed by atoms with Crippen LogP contribution >= 0.6 is 23.1 Å². The number of hydrogen-bond acceptors (Lipinski definition) is 5. The summed E-state index contributed by atoms with van der Waals surface area (Å²) in [6.45, 7) is 0.458. The first-order valence-corrected chi connectivity index (χ1v) is 11.2. The van der Waals surface area contributed by atoms with E-state index >= 15 is 0 Å². The number of rotatable bonds is 6. The van der Waals surface area contributed by atoms with Crippen molar-refractivity contribution in [1.82, 2.24) is 4.98 Å². The van der Waals surface area contributed by atoms with Gasteiger partial charge in [-0.1, -0.05) is 47.7 Å². The highest BCUT2D eigenvalue weighted by Gasteiger charge is 2.22. The Kier molecular flexibility index (Phi) is 5.83. The molecule has 6 heteroatoms. The molecule has 4 nitrogen and oxygen atoms in total. The van der Waals surface area contributed by atoms with Crippen LogP contribution in [0.3, 0.4) is 0 Å². The third-order valence-corrected chi connectivity index (χ3v) is 6.40. The van der Waals surface area contributed by atoms with Gasteiger partial charge in [-0.15, -0.1) is 11.8 Å². The molecule has 0 saturated heterocycles. The molecule has 0 saturated carbocycles. The number of para-hydroxylation sites is 1. The number of ether oxygens (including phenoxy) is 1. The molecule has 0 aliphatic heterocycles. The number of benzene rings is 3. The van der Waals surface area contributed by atoms with Crippen molar-refractivity contribution in [3.05, 3.63) is 83.9 Å². The first-order valence-electron chi connectivity index (χ1n) is 9.13. The number of thiazole rings is 1. The first kappa shape index (κ1) is 19.5. The van der Waals surface area contributed by atoms with Crippen LogP contribution in [0.1, 0.15) is 15.9 Å². The molecular weight excluding hydrogens is 400 g/mol. The van der Waals surface area contributed by atoms with Crippen molar-refractivity contribution < 1.29 is 9.53 Å². The SMILES string of the molecule is COc1ccc(C(=O)N(Cc2ccccc2)c2nc3c(SC)cccc3s2)cc1. The van der Waals surface area contributed by atoms with Crippen LogP contribution in [0.25, 0.3) is 10.2 Å². The van der Waals surface area contributed by atoms with E-state index in [4.69, 9.17) is 9.72 Å². The number of amides is 1. The number of hydrogen-bond donors (Lipinski definition) is 0. The Labute approximate surface area is 178 Å². The Morgan fingerprint density at radius 3 is 2.48 bits per heavy atom. The van der Waals surface area contributed by atoms with Gasteiger partial charge in [-0.2, -0.15) is 0 Å². The monoisotopic (exact) mass is 420 g/mol. The van der Waals surface area contributed by atoms with E-state index in [-0.39, 0.29) is 5.91 Å². The summed E-state index contributed by atoms with van der Waals surface area (Å²) in [6.07, 6.45) is 2.04. The molecule has 0 N–H and O–H groups in total. The first-order chi connectivity index (χ1) is 14.2. The topological polar surface area (TPSA) is 42.4 Å². The van der Waals surface area contributed by atoms with E-state index in [1.54, 1.807) is 59.4 Å². The van der Waals surface area contributed by atoms with Crippen molar-refractivity contribution in [3.63, 3.8) is 0 Å². The fourth-order valence-corrected chi connectivity index (χ4v) is 4.69. The second-order valence-electron chi connectivity index (χ2n) is 6.41. The zero-order valence-electron chi connectivity index (χ0n) is 16.2. The molecule has 1 aromatic heterocycles. The molecule has 0 aliphatic rings. The van der Waals surface area contributed by atoms with Crippen molar-refractivity contribution >= 4 is 44.4 Å². The number of thioether (sulfide) groups is 1. The van der Waals surface area contributed by atoms with E-state index in [1.165, 1.54) is 0 Å². The fourth-order valence-electron chi connectivity index (χ4n) is 3.07. The molecule has 1 amide bonds. The Balaban J connectivity index is 1.76. The van der Waals surface area contributed by atoms with E-state index in [9.17, 15) is 4.79 Å². The van der Waals surface area contributed by atoms with Crippen LogP contribution in [-0.2, 0) is 6.54 Å². The van der Waals surface area contributed by atoms with E-state index in [1.807, 2.05) is 42.7 Å². The number of anilines is 1. The molecule has 4 rings (SSSR count). The normalized spacial score (nSPS) is 10.8. The standard InChI is InChI=1S/C23H20N2O2S2/c1-27-18-13-11-17(12-14-18)22(26)25(15-16-7-4-3-5-8-16)23-24-21-19(28-2)9-6-10-20(21)29-23/h3-14H,15H2,1-2H3. The van der Waals surface area contributed by atoms with Crippen molar-refractivity contribution in [2.45, 2.75) is 11.4 Å². The van der Waals surface area contributed by atoms with Crippen molar-refractivity contribution in [3.8, 4) is 5.75 Å². The largest absolute Gasteiger partial charge is 0.497 e. The molecule has 0 fully saturated rings. The van der Waals surface area contributed by atoms with Gasteiger partial charge in [-0.3, -0.25) is 9.69 Å². The van der Waals surface area contributed by atoms with Crippen LogP contribution in [0.5, 0.6) is 5.75 Å². The highest BCUT2D eigenvalue weighted by atomic mass is 32.2. The zero-order chi connectivity index (χ0) is 20.2. The third-order valence-electron chi connectivity index (χ3n) is 4.59. The minimum atomic E-state index is -0.0822. The number of fused-ring (bicyclic) bond motifs is 1. The lowest BCUT2D eigenvalue weighted by Crippen LogP contribution is -2.30. The van der Waals surface area contributed by atoms with Crippen LogP contribution in [0, 0.1) is 0 Å². The summed E-state index contributed by atoms with van der Waals surface area (Å²) in [6, 6.07) is 23.3. The molecule has 0 aliphatic carbocycles. The minimum Gasteiger partial charge on any atom is -0.497 e. The van der Waals surface area contributed by atoms with E-state index in [2.05, 4.69) is 12.1 Å². The second kappa shape index (κ2) is 8.68. The summed E-state index contributed by atoms with van der Waals surface area (Å²) < 4.78 is 6.29. The van der Waals surface area contributed by atoms with Crippen LogP contribution in [0.2, 0.25) is 0 Å². The predicted octanol–water partition coefficient (Wildman–Crippen LogP) is 5.87. The Bertz CT molecular complexity index is 1120. The number of methoxy groups -OCH3 is 1. The summed E-state index contributed by atoms with van der Waals surface area (Å²) in [5.74, 6) is 0.641. The van der Waals surface area contributed by atoms with Gasteiger partial charge in [-0.05, 0) is 48.2 Å². The maximum Gasteiger partial charge on any atom is 0.260 e. The van der Waals surface area contributed by atoms with Gasteiger partial charge in [0.1, 0.15) is 5.75 Å². The second-order valence-corrected chi connectivity index (χ2v) is 8.27. The van der Waals surface area contributed by atoms with Crippen LogP contribution in [0.4, 0.5) is 5.13 Å². The summed E-state index contributed by atoms with van der Waals surface area (Å²) in [4.78, 5) is 21.1. The van der Waals surface area contributed by atoms with E-state index in [0.29, 0.717) is 17.2 Å². The van der Waals surface area contributed by atoms with E-state index < -0.39 is 0 Å². The molecule has 4 aromatic rings. The van der Waals surface area contributed by atoms with Gasteiger partial charge < -0.3 is 4.74 Å². The summed E-state index contributed by atoms with van der Waals surface area (Å²) in [5, 5.41) is 0.700. The lowest BCUT2D eigenvalue weighted by molar-refractivity contribution is 0.0985. The average molecular weight is 421 g/mol. The summed E-state index contributed by atoms with van der Waals surface area (Å²) in [5.41, 5.74) is 2.60. The summed E-state index contributed by atoms with van der Waals surface area (Å²) >= 11 is 3.20. The van der Waals surface area contributed by atoms with Gasteiger partial charge in [-0.25, -0.2) is 4.98 Å². The lowest BCUT2D eigenvalue weighted by atomic mass is 10.1. The number of nitrogens with zero attached hydrogens (tertiary/aromatic N) is 2. The molecular formula is C23H20N2O2S2. The molecule has 0 spiro atoms. The lowest BCUT2D eigenvalue weighted by Gasteiger charge is -2.20. The van der Waals surface area contributed by atoms with Crippen LogP contribution < -0.4 is 9.64 Å². The molecule has 0 radical (unpaired) electrons. The van der Waals surface area contributed by atoms with Crippen LogP contribution in [0.15, 0.2) is 77.7 Å². The van der Waals surface area contributed by atoms with Gasteiger partial charge in [0, 0.05) is 10.5 Å². The quantitative estimate of drug-likeness (QED) is 0.366. The molecule has 1 heterocycles. The number of carbonyl (C=O) groups excluding carboxylic acids is 1. The van der Waals surface area contributed by atoms with Gasteiger partial charge in [0.15, 0.2) is 5.13 Å². The van der Waals surface area contributed by atoms with Crippen molar-refractivity contribution in [1.29, 1.82) is 0 Å². The Morgan fingerprint density at radius 1 is 1.03 bits per heavy atom. The fraction of sp³-hybridized carbons (Fsp3) is 0.130.